The van der Waals surface area contributed by atoms with E-state index in [1.807, 2.05) is 13.8 Å². The zero-order valence-corrected chi connectivity index (χ0v) is 13.5. The van der Waals surface area contributed by atoms with Crippen molar-refractivity contribution in [1.29, 1.82) is 0 Å². The maximum atomic E-state index is 12.6. The van der Waals surface area contributed by atoms with E-state index in [0.717, 1.165) is 0 Å². The van der Waals surface area contributed by atoms with Crippen LogP contribution in [0.15, 0.2) is 0 Å². The minimum Gasteiger partial charge on any atom is -0.480 e. The Morgan fingerprint density at radius 2 is 1.76 bits per heavy atom. The van der Waals surface area contributed by atoms with Crippen molar-refractivity contribution in [3.05, 3.63) is 0 Å². The third-order valence-corrected chi connectivity index (χ3v) is 3.29. The molecule has 124 valence electrons. The summed E-state index contributed by atoms with van der Waals surface area (Å²) in [6.07, 6.45) is 1.41. The van der Waals surface area contributed by atoms with Crippen LogP contribution in [-0.4, -0.2) is 80.0 Å². The summed E-state index contributed by atoms with van der Waals surface area (Å²) >= 11 is 0. The highest BCUT2D eigenvalue weighted by molar-refractivity contribution is 5.80. The molecule has 0 aliphatic carbocycles. The number of carbonyl (C=O) groups excluding carboxylic acids is 1. The lowest BCUT2D eigenvalue weighted by Gasteiger charge is -2.33. The Morgan fingerprint density at radius 3 is 2.24 bits per heavy atom. The Bertz CT molecular complexity index is 312. The summed E-state index contributed by atoms with van der Waals surface area (Å²) in [7, 11) is 3.18. The number of carboxylic acids is 1. The number of methoxy groups -OCH3 is 2. The first-order valence-corrected chi connectivity index (χ1v) is 7.23. The van der Waals surface area contributed by atoms with Gasteiger partial charge < -0.3 is 24.4 Å². The fraction of sp³-hybridized carbons (Fsp3) is 0.857. The van der Waals surface area contributed by atoms with Crippen molar-refractivity contribution in [2.45, 2.75) is 32.7 Å². The Hall–Kier alpha value is -1.34. The normalized spacial score (nSPS) is 12.0. The van der Waals surface area contributed by atoms with Gasteiger partial charge in [0.1, 0.15) is 6.54 Å². The molecule has 7 nitrogen and oxygen atoms in total. The van der Waals surface area contributed by atoms with Gasteiger partial charge in [-0.3, -0.25) is 4.79 Å². The third-order valence-electron chi connectivity index (χ3n) is 3.29. The van der Waals surface area contributed by atoms with Gasteiger partial charge in [0.25, 0.3) is 0 Å². The van der Waals surface area contributed by atoms with E-state index in [0.29, 0.717) is 39.1 Å². The first-order chi connectivity index (χ1) is 9.97. The summed E-state index contributed by atoms with van der Waals surface area (Å²) < 4.78 is 10.0. The summed E-state index contributed by atoms with van der Waals surface area (Å²) in [5.41, 5.74) is 0. The van der Waals surface area contributed by atoms with Crippen molar-refractivity contribution in [3.8, 4) is 0 Å². The average molecular weight is 304 g/mol. The SMILES string of the molecule is CCC(C)N(CC(=O)O)C(=O)N(CCCOC)CCOC. The zero-order chi connectivity index (χ0) is 16.3. The number of hydrogen-bond donors (Lipinski definition) is 1. The summed E-state index contributed by atoms with van der Waals surface area (Å²) in [5.74, 6) is -1.01. The second-order valence-electron chi connectivity index (χ2n) is 4.89. The predicted molar refractivity (Wildman–Crippen MR) is 79.4 cm³/mol. The fourth-order valence-corrected chi connectivity index (χ4v) is 1.86. The number of urea groups is 1. The maximum absolute atomic E-state index is 12.6. The van der Waals surface area contributed by atoms with Gasteiger partial charge >= 0.3 is 12.0 Å². The molecule has 0 fully saturated rings. The van der Waals surface area contributed by atoms with Gasteiger partial charge in [-0.25, -0.2) is 4.79 Å². The van der Waals surface area contributed by atoms with Crippen LogP contribution in [0.25, 0.3) is 0 Å². The zero-order valence-electron chi connectivity index (χ0n) is 13.5. The van der Waals surface area contributed by atoms with E-state index >= 15 is 0 Å². The van der Waals surface area contributed by atoms with Gasteiger partial charge in [0, 0.05) is 40.0 Å². The van der Waals surface area contributed by atoms with Crippen molar-refractivity contribution in [1.82, 2.24) is 9.80 Å². The Labute approximate surface area is 126 Å². The van der Waals surface area contributed by atoms with Gasteiger partial charge in [-0.15, -0.1) is 0 Å². The lowest BCUT2D eigenvalue weighted by atomic mass is 10.2. The van der Waals surface area contributed by atoms with Crippen molar-refractivity contribution in [2.24, 2.45) is 0 Å². The first kappa shape index (κ1) is 19.7. The average Bonchev–Trinajstić information content (AvgIpc) is 2.46. The van der Waals surface area contributed by atoms with Crippen molar-refractivity contribution in [3.63, 3.8) is 0 Å². The van der Waals surface area contributed by atoms with Gasteiger partial charge in [-0.05, 0) is 19.8 Å². The highest BCUT2D eigenvalue weighted by atomic mass is 16.5. The van der Waals surface area contributed by atoms with Gasteiger partial charge in [0.2, 0.25) is 0 Å². The second kappa shape index (κ2) is 11.3. The molecule has 0 saturated heterocycles. The predicted octanol–water partition coefficient (Wildman–Crippen LogP) is 1.28. The van der Waals surface area contributed by atoms with Gasteiger partial charge in [0.05, 0.1) is 6.61 Å². The van der Waals surface area contributed by atoms with Crippen LogP contribution >= 0.6 is 0 Å². The van der Waals surface area contributed by atoms with Crippen LogP contribution in [0.3, 0.4) is 0 Å². The van der Waals surface area contributed by atoms with Crippen LogP contribution in [0, 0.1) is 0 Å². The standard InChI is InChI=1S/C14H28N2O5/c1-5-12(2)16(11-13(17)18)14(19)15(8-10-21-4)7-6-9-20-3/h12H,5-11H2,1-4H3,(H,17,18). The number of hydrogen-bond acceptors (Lipinski definition) is 4. The smallest absolute Gasteiger partial charge is 0.323 e. The van der Waals surface area contributed by atoms with E-state index in [2.05, 4.69) is 0 Å². The molecule has 0 heterocycles. The number of carboxylic acid groups (broad SMARTS) is 1. The van der Waals surface area contributed by atoms with Gasteiger partial charge in [-0.1, -0.05) is 6.92 Å². The molecular weight excluding hydrogens is 276 g/mol. The molecule has 0 aromatic rings. The fourth-order valence-electron chi connectivity index (χ4n) is 1.86. The lowest BCUT2D eigenvalue weighted by Crippen LogP contribution is -2.50. The quantitative estimate of drug-likeness (QED) is 0.582. The van der Waals surface area contributed by atoms with Crippen LogP contribution in [0.1, 0.15) is 26.7 Å². The van der Waals surface area contributed by atoms with Crippen LogP contribution in [0.5, 0.6) is 0 Å². The molecule has 1 atom stereocenters. The van der Waals surface area contributed by atoms with Gasteiger partial charge in [0.15, 0.2) is 0 Å². The third kappa shape index (κ3) is 7.87. The minimum atomic E-state index is -1.01. The molecule has 7 heteroatoms. The summed E-state index contributed by atoms with van der Waals surface area (Å²) in [6, 6.07) is -0.388. The number of ether oxygens (including phenoxy) is 2. The number of aliphatic carboxylic acids is 1. The highest BCUT2D eigenvalue weighted by Crippen LogP contribution is 2.09. The summed E-state index contributed by atoms with van der Waals surface area (Å²) in [6.45, 7) is 5.41. The largest absolute Gasteiger partial charge is 0.480 e. The molecule has 0 aliphatic heterocycles. The van der Waals surface area contributed by atoms with E-state index in [-0.39, 0.29) is 18.6 Å². The monoisotopic (exact) mass is 304 g/mol. The summed E-state index contributed by atoms with van der Waals surface area (Å²) in [4.78, 5) is 26.6. The lowest BCUT2D eigenvalue weighted by molar-refractivity contribution is -0.138. The molecule has 0 aromatic heterocycles. The Morgan fingerprint density at radius 1 is 1.14 bits per heavy atom. The molecule has 0 aliphatic rings. The van der Waals surface area contributed by atoms with Gasteiger partial charge in [-0.2, -0.15) is 0 Å². The molecule has 21 heavy (non-hydrogen) atoms. The molecule has 0 saturated carbocycles. The molecular formula is C14H28N2O5. The number of carbonyl (C=O) groups is 2. The van der Waals surface area contributed by atoms with Crippen molar-refractivity contribution < 1.29 is 24.2 Å². The van der Waals surface area contributed by atoms with Crippen molar-refractivity contribution >= 4 is 12.0 Å². The van der Waals surface area contributed by atoms with E-state index in [4.69, 9.17) is 14.6 Å². The molecule has 0 bridgehead atoms. The van der Waals surface area contributed by atoms with E-state index in [9.17, 15) is 9.59 Å². The number of rotatable bonds is 11. The first-order valence-electron chi connectivity index (χ1n) is 7.23. The maximum Gasteiger partial charge on any atom is 0.323 e. The molecule has 1 N–H and O–H groups in total. The molecule has 0 aromatic carbocycles. The van der Waals surface area contributed by atoms with Crippen LogP contribution in [0.4, 0.5) is 4.79 Å². The van der Waals surface area contributed by atoms with E-state index in [1.54, 1.807) is 19.1 Å². The molecule has 1 unspecified atom stereocenters. The number of amides is 2. The molecule has 0 radical (unpaired) electrons. The van der Waals surface area contributed by atoms with Crippen LogP contribution in [0.2, 0.25) is 0 Å². The van der Waals surface area contributed by atoms with Crippen LogP contribution < -0.4 is 0 Å². The molecule has 0 spiro atoms. The van der Waals surface area contributed by atoms with E-state index in [1.165, 1.54) is 4.90 Å². The second-order valence-corrected chi connectivity index (χ2v) is 4.89. The number of nitrogens with zero attached hydrogens (tertiary/aromatic N) is 2. The Balaban J connectivity index is 4.84. The molecule has 0 rings (SSSR count). The highest BCUT2D eigenvalue weighted by Gasteiger charge is 2.26. The van der Waals surface area contributed by atoms with Crippen LogP contribution in [-0.2, 0) is 14.3 Å². The van der Waals surface area contributed by atoms with E-state index < -0.39 is 5.97 Å². The Kier molecular flexibility index (Phi) is 10.6. The molecule has 2 amide bonds. The summed E-state index contributed by atoms with van der Waals surface area (Å²) in [5, 5.41) is 8.99. The topological polar surface area (TPSA) is 79.3 Å². The minimum absolute atomic E-state index is 0.124. The van der Waals surface area contributed by atoms with Crippen molar-refractivity contribution in [2.75, 3.05) is 47.1 Å².